The van der Waals surface area contributed by atoms with Gasteiger partial charge in [0.05, 0.1) is 0 Å². The third kappa shape index (κ3) is 2.52. The first kappa shape index (κ1) is 11.0. The van der Waals surface area contributed by atoms with Gasteiger partial charge in [0.2, 0.25) is 0 Å². The van der Waals surface area contributed by atoms with Gasteiger partial charge in [-0.05, 0) is 37.5 Å². The van der Waals surface area contributed by atoms with Crippen molar-refractivity contribution in [2.24, 2.45) is 17.8 Å². The Labute approximate surface area is 109 Å². The van der Waals surface area contributed by atoms with Crippen molar-refractivity contribution in [1.29, 1.82) is 0 Å². The molecule has 2 heteroatoms. The fraction of sp³-hybridized carbons (Fsp3) is 1.00. The van der Waals surface area contributed by atoms with Gasteiger partial charge in [-0.3, -0.25) is 0 Å². The van der Waals surface area contributed by atoms with Crippen molar-refractivity contribution in [3.8, 4) is 0 Å². The highest BCUT2D eigenvalue weighted by molar-refractivity contribution is 14.1. The van der Waals surface area contributed by atoms with Gasteiger partial charge in [0.25, 0.3) is 0 Å². The van der Waals surface area contributed by atoms with E-state index >= 15 is 0 Å². The van der Waals surface area contributed by atoms with Crippen LogP contribution in [0.4, 0.5) is 0 Å². The van der Waals surface area contributed by atoms with Gasteiger partial charge >= 0.3 is 0 Å². The third-order valence-corrected chi connectivity index (χ3v) is 6.68. The van der Waals surface area contributed by atoms with Gasteiger partial charge in [0.1, 0.15) is 0 Å². The average Bonchev–Trinajstić information content (AvgIpc) is 2.43. The molecule has 77 valence electrons. The zero-order chi connectivity index (χ0) is 9.42. The Bertz CT molecular complexity index is 181. The van der Waals surface area contributed by atoms with E-state index in [1.165, 1.54) is 32.1 Å². The van der Waals surface area contributed by atoms with E-state index in [1.807, 2.05) is 0 Å². The zero-order valence-electron chi connectivity index (χ0n) is 8.18. The maximum atomic E-state index is 2.70. The number of hydrogen-bond donors (Lipinski definition) is 0. The van der Waals surface area contributed by atoms with Crippen LogP contribution in [0.25, 0.3) is 0 Å². The smallest absolute Gasteiger partial charge is 0.0112 e. The molecule has 0 heterocycles. The summed E-state index contributed by atoms with van der Waals surface area (Å²) in [6.45, 7) is 2.47. The van der Waals surface area contributed by atoms with Crippen LogP contribution < -0.4 is 22.6 Å². The molecule has 0 spiro atoms. The molecular weight excluding hydrogens is 386 g/mol. The first-order chi connectivity index (χ1) is 6.16. The van der Waals surface area contributed by atoms with Crippen LogP contribution in [0.3, 0.4) is 0 Å². The van der Waals surface area contributed by atoms with Crippen molar-refractivity contribution in [3.63, 3.8) is 0 Å². The van der Waals surface area contributed by atoms with E-state index in [4.69, 9.17) is 0 Å². The van der Waals surface area contributed by atoms with E-state index in [1.54, 1.807) is 0 Å². The van der Waals surface area contributed by atoms with Gasteiger partial charge in [-0.25, -0.2) is 0 Å². The highest BCUT2D eigenvalue weighted by Crippen LogP contribution is 2.43. The second-order valence-corrected chi connectivity index (χ2v) is 8.26. The molecule has 0 aliphatic heterocycles. The van der Waals surface area contributed by atoms with E-state index in [-0.39, 0.29) is 0 Å². The lowest BCUT2D eigenvalue weighted by Crippen LogP contribution is -3.39. The molecule has 2 saturated carbocycles. The molecule has 2 aliphatic carbocycles. The summed E-state index contributed by atoms with van der Waals surface area (Å²) in [5.74, 6) is 3.13. The topological polar surface area (TPSA) is 0 Å². The predicted octanol–water partition coefficient (Wildman–Crippen LogP) is 0.558. The quantitative estimate of drug-likeness (QED) is 0.409. The van der Waals surface area contributed by atoms with Gasteiger partial charge < -0.3 is 22.6 Å². The molecule has 13 heavy (non-hydrogen) atoms. The average molecular weight is 404 g/mol. The Morgan fingerprint density at radius 2 is 1.85 bits per heavy atom. The minimum atomic E-state index is 0.960. The number of rotatable bonds is 0. The van der Waals surface area contributed by atoms with E-state index in [0.29, 0.717) is 0 Å². The third-order valence-electron chi connectivity index (χ3n) is 3.91. The molecule has 0 N–H and O–H groups in total. The second-order valence-electron chi connectivity index (χ2n) is 4.90. The van der Waals surface area contributed by atoms with Crippen molar-refractivity contribution in [2.45, 2.75) is 46.9 Å². The summed E-state index contributed by atoms with van der Waals surface area (Å²) < 4.78 is 1.93. The van der Waals surface area contributed by atoms with Crippen molar-refractivity contribution >= 4 is 22.6 Å². The molecule has 0 saturated heterocycles. The van der Waals surface area contributed by atoms with Crippen molar-refractivity contribution in [1.82, 2.24) is 0 Å². The van der Waals surface area contributed by atoms with Crippen LogP contribution in [0.15, 0.2) is 0 Å². The van der Waals surface area contributed by atoms with Crippen LogP contribution >= 0.6 is 22.6 Å². The van der Waals surface area contributed by atoms with Crippen LogP contribution in [-0.2, 0) is 0 Å². The Morgan fingerprint density at radius 3 is 2.62 bits per heavy atom. The molecule has 2 rings (SSSR count). The van der Waals surface area contributed by atoms with E-state index in [0.717, 1.165) is 25.6 Å². The summed E-state index contributed by atoms with van der Waals surface area (Å²) in [4.78, 5) is 0. The maximum Gasteiger partial charge on any atom is 0.0112 e. The largest absolute Gasteiger partial charge is 0.793 e. The van der Waals surface area contributed by atoms with Gasteiger partial charge in [-0.2, -0.15) is 3.92 Å². The monoisotopic (exact) mass is 404 g/mol. The summed E-state index contributed by atoms with van der Waals surface area (Å²) in [5.41, 5.74) is 0. The second kappa shape index (κ2) is 4.54. The standard InChI is InChI=1S/C11H18I2/c1-7-4-9-5-8(7)6-10(12)2-3-11(9)13/h7-11H,2-6H2,1H3/q-1. The molecule has 0 aromatic carbocycles. The molecule has 2 aliphatic rings. The molecule has 0 aromatic heterocycles. The highest BCUT2D eigenvalue weighted by atomic mass is 127. The van der Waals surface area contributed by atoms with E-state index in [2.05, 4.69) is 52.1 Å². The molecular formula is C11H18I2-. The number of hydrogen-bond acceptors (Lipinski definition) is 0. The lowest BCUT2D eigenvalue weighted by molar-refractivity contribution is -0.435. The van der Waals surface area contributed by atoms with Crippen molar-refractivity contribution in [3.05, 3.63) is 0 Å². The van der Waals surface area contributed by atoms with Crippen LogP contribution in [0, 0.1) is 17.8 Å². The summed E-state index contributed by atoms with van der Waals surface area (Å²) in [6, 6.07) is 0. The summed E-state index contributed by atoms with van der Waals surface area (Å²) in [5, 5.41) is 0. The SMILES string of the molecule is CC1CC2CC1CC(I)CCC2[I-]. The number of fused-ring (bicyclic) bond motifs is 2. The van der Waals surface area contributed by atoms with Crippen LogP contribution in [0.5, 0.6) is 0 Å². The van der Waals surface area contributed by atoms with E-state index < -0.39 is 0 Å². The van der Waals surface area contributed by atoms with Crippen LogP contribution in [-0.4, -0.2) is 7.85 Å². The number of halogens is 2. The normalized spacial score (nSPS) is 51.5. The molecule has 5 unspecified atom stereocenters. The summed E-state index contributed by atoms with van der Waals surface area (Å²) in [7, 11) is 0. The summed E-state index contributed by atoms with van der Waals surface area (Å²) >= 11 is 5.38. The zero-order valence-corrected chi connectivity index (χ0v) is 12.5. The lowest BCUT2D eigenvalue weighted by Gasteiger charge is -2.32. The summed E-state index contributed by atoms with van der Waals surface area (Å²) in [6.07, 6.45) is 7.49. The molecule has 2 bridgehead atoms. The van der Waals surface area contributed by atoms with Crippen LogP contribution in [0.1, 0.15) is 39.0 Å². The van der Waals surface area contributed by atoms with Gasteiger partial charge in [0, 0.05) is 3.92 Å². The molecule has 1 radical (unpaired) electrons. The maximum absolute atomic E-state index is 2.70. The number of alkyl halides is 2. The predicted molar refractivity (Wildman–Crippen MR) is 60.8 cm³/mol. The lowest BCUT2D eigenvalue weighted by atomic mass is 9.89. The van der Waals surface area contributed by atoms with Gasteiger partial charge in [0.15, 0.2) is 0 Å². The van der Waals surface area contributed by atoms with Crippen molar-refractivity contribution < 1.29 is 22.6 Å². The Morgan fingerprint density at radius 1 is 1.08 bits per heavy atom. The van der Waals surface area contributed by atoms with Gasteiger partial charge in [-0.1, -0.05) is 41.9 Å². The molecule has 0 nitrogen and oxygen atoms in total. The fourth-order valence-electron chi connectivity index (χ4n) is 3.03. The molecule has 2 fully saturated rings. The van der Waals surface area contributed by atoms with Crippen LogP contribution in [0.2, 0.25) is 0 Å². The Balaban J connectivity index is 2.06. The fourth-order valence-corrected chi connectivity index (χ4v) is 4.99. The van der Waals surface area contributed by atoms with Gasteiger partial charge in [-0.15, -0.1) is 0 Å². The Hall–Kier alpha value is 1.46. The van der Waals surface area contributed by atoms with E-state index in [9.17, 15) is 0 Å². The highest BCUT2D eigenvalue weighted by Gasteiger charge is 2.34. The first-order valence-corrected chi connectivity index (χ1v) is 7.94. The van der Waals surface area contributed by atoms with Crippen molar-refractivity contribution in [2.75, 3.05) is 0 Å². The molecule has 0 amide bonds. The Kier molecular flexibility index (Phi) is 3.83. The minimum absolute atomic E-state index is 0.960. The minimum Gasteiger partial charge on any atom is -0.793 e. The first-order valence-electron chi connectivity index (χ1n) is 5.45. The molecule has 0 aromatic rings. The molecule has 5 atom stereocenters.